The molecule has 2 aromatic carbocycles. The molecule has 0 aliphatic heterocycles. The minimum Gasteiger partial charge on any atom is -0.456 e. The summed E-state index contributed by atoms with van der Waals surface area (Å²) in [5.74, 6) is -0.295. The third kappa shape index (κ3) is 5.93. The van der Waals surface area contributed by atoms with Crippen LogP contribution in [-0.2, 0) is 16.7 Å². The van der Waals surface area contributed by atoms with Crippen molar-refractivity contribution in [2.24, 2.45) is 0 Å². The zero-order valence-corrected chi connectivity index (χ0v) is 16.1. The van der Waals surface area contributed by atoms with Gasteiger partial charge in [0.05, 0.1) is 5.56 Å². The molecule has 0 heterocycles. The van der Waals surface area contributed by atoms with Crippen molar-refractivity contribution in [2.75, 3.05) is 5.32 Å². The Labute approximate surface area is 151 Å². The van der Waals surface area contributed by atoms with E-state index in [4.69, 9.17) is 4.74 Å². The Kier molecular flexibility index (Phi) is 5.56. The second-order valence-electron chi connectivity index (χ2n) is 8.38. The molecule has 0 bridgehead atoms. The van der Waals surface area contributed by atoms with Crippen LogP contribution < -0.4 is 5.32 Å². The van der Waals surface area contributed by atoms with Gasteiger partial charge >= 0.3 is 5.97 Å². The zero-order valence-electron chi connectivity index (χ0n) is 16.1. The van der Waals surface area contributed by atoms with Gasteiger partial charge < -0.3 is 10.1 Å². The fourth-order valence-electron chi connectivity index (χ4n) is 2.41. The van der Waals surface area contributed by atoms with Crippen LogP contribution in [0.15, 0.2) is 48.5 Å². The maximum atomic E-state index is 12.0. The Morgan fingerprint density at radius 2 is 1.60 bits per heavy atom. The Balaban J connectivity index is 1.99. The molecule has 0 aliphatic rings. The summed E-state index contributed by atoms with van der Waals surface area (Å²) in [6.07, 6.45) is 0. The summed E-state index contributed by atoms with van der Waals surface area (Å²) in [7, 11) is 0. The third-order valence-corrected chi connectivity index (χ3v) is 3.81. The van der Waals surface area contributed by atoms with Crippen molar-refractivity contribution in [1.29, 1.82) is 0 Å². The van der Waals surface area contributed by atoms with Crippen LogP contribution in [0.2, 0.25) is 0 Å². The molecular weight excluding hydrogens is 310 g/mol. The van der Waals surface area contributed by atoms with E-state index in [1.54, 1.807) is 12.1 Å². The monoisotopic (exact) mass is 339 g/mol. The van der Waals surface area contributed by atoms with Gasteiger partial charge in [-0.3, -0.25) is 0 Å². The van der Waals surface area contributed by atoms with Gasteiger partial charge in [0.15, 0.2) is 0 Å². The first-order chi connectivity index (χ1) is 11.5. The van der Waals surface area contributed by atoms with Crippen molar-refractivity contribution in [3.8, 4) is 0 Å². The first-order valence-corrected chi connectivity index (χ1v) is 8.71. The molecule has 0 spiro atoms. The van der Waals surface area contributed by atoms with E-state index in [1.807, 2.05) is 32.9 Å². The molecule has 1 N–H and O–H groups in total. The number of rotatable bonds is 4. The number of hydrogen-bond donors (Lipinski definition) is 1. The molecule has 134 valence electrons. The third-order valence-electron chi connectivity index (χ3n) is 3.81. The predicted octanol–water partition coefficient (Wildman–Crippen LogP) is 5.55. The molecule has 0 unspecified atom stereocenters. The number of benzene rings is 2. The van der Waals surface area contributed by atoms with Crippen LogP contribution in [0.5, 0.6) is 0 Å². The van der Waals surface area contributed by atoms with Gasteiger partial charge in [-0.25, -0.2) is 4.79 Å². The molecule has 0 saturated heterocycles. The van der Waals surface area contributed by atoms with Gasteiger partial charge in [0.1, 0.15) is 5.60 Å². The largest absolute Gasteiger partial charge is 0.456 e. The topological polar surface area (TPSA) is 38.3 Å². The number of ether oxygens (including phenoxy) is 1. The summed E-state index contributed by atoms with van der Waals surface area (Å²) in [5.41, 5.74) is 3.77. The highest BCUT2D eigenvalue weighted by Gasteiger charge is 2.17. The number of carbonyl (C=O) groups excluding carboxylic acids is 1. The molecule has 0 aromatic heterocycles. The number of hydrogen-bond acceptors (Lipinski definition) is 3. The number of anilines is 1. The average Bonchev–Trinajstić information content (AvgIpc) is 2.51. The van der Waals surface area contributed by atoms with E-state index in [1.165, 1.54) is 11.1 Å². The van der Waals surface area contributed by atoms with Gasteiger partial charge in [0, 0.05) is 12.2 Å². The number of esters is 1. The SMILES string of the molecule is CC(C)(C)OC(=O)c1ccc(NCc2cccc(C(C)(C)C)c2)cc1. The number of nitrogens with one attached hydrogen (secondary N) is 1. The van der Waals surface area contributed by atoms with E-state index in [2.05, 4.69) is 50.4 Å². The molecule has 0 fully saturated rings. The van der Waals surface area contributed by atoms with Crippen LogP contribution in [0.1, 0.15) is 63.0 Å². The summed E-state index contributed by atoms with van der Waals surface area (Å²) >= 11 is 0. The van der Waals surface area contributed by atoms with Crippen LogP contribution in [0.25, 0.3) is 0 Å². The van der Waals surface area contributed by atoms with Crippen molar-refractivity contribution in [3.05, 3.63) is 65.2 Å². The molecule has 0 radical (unpaired) electrons. The van der Waals surface area contributed by atoms with Crippen LogP contribution in [0, 0.1) is 0 Å². The van der Waals surface area contributed by atoms with E-state index >= 15 is 0 Å². The normalized spacial score (nSPS) is 11.9. The molecule has 0 amide bonds. The van der Waals surface area contributed by atoms with Crippen LogP contribution in [0.4, 0.5) is 5.69 Å². The smallest absolute Gasteiger partial charge is 0.338 e. The van der Waals surface area contributed by atoms with Gasteiger partial charge in [0.2, 0.25) is 0 Å². The summed E-state index contributed by atoms with van der Waals surface area (Å²) in [6, 6.07) is 16.0. The lowest BCUT2D eigenvalue weighted by molar-refractivity contribution is 0.00696. The van der Waals surface area contributed by atoms with Crippen molar-refractivity contribution < 1.29 is 9.53 Å². The van der Waals surface area contributed by atoms with Crippen molar-refractivity contribution in [2.45, 2.75) is 59.1 Å². The Morgan fingerprint density at radius 1 is 0.960 bits per heavy atom. The van der Waals surface area contributed by atoms with E-state index in [9.17, 15) is 4.79 Å². The first-order valence-electron chi connectivity index (χ1n) is 8.71. The second-order valence-corrected chi connectivity index (χ2v) is 8.38. The molecular formula is C22H29NO2. The first kappa shape index (κ1) is 19.0. The lowest BCUT2D eigenvalue weighted by atomic mass is 9.86. The predicted molar refractivity (Wildman–Crippen MR) is 104 cm³/mol. The van der Waals surface area contributed by atoms with Crippen LogP contribution in [0.3, 0.4) is 0 Å². The molecule has 25 heavy (non-hydrogen) atoms. The lowest BCUT2D eigenvalue weighted by Gasteiger charge is -2.20. The molecule has 3 nitrogen and oxygen atoms in total. The molecule has 3 heteroatoms. The molecule has 0 atom stereocenters. The standard InChI is InChI=1S/C22H29NO2/c1-21(2,3)18-9-7-8-16(14-18)15-23-19-12-10-17(11-13-19)20(24)25-22(4,5)6/h7-14,23H,15H2,1-6H3. The van der Waals surface area contributed by atoms with E-state index in [0.717, 1.165) is 12.2 Å². The van der Waals surface area contributed by atoms with Gasteiger partial charge in [-0.05, 0) is 61.6 Å². The van der Waals surface area contributed by atoms with E-state index < -0.39 is 5.60 Å². The summed E-state index contributed by atoms with van der Waals surface area (Å²) in [5, 5.41) is 3.40. The quantitative estimate of drug-likeness (QED) is 0.742. The highest BCUT2D eigenvalue weighted by Crippen LogP contribution is 2.23. The Bertz CT molecular complexity index is 719. The summed E-state index contributed by atoms with van der Waals surface area (Å²) < 4.78 is 5.38. The highest BCUT2D eigenvalue weighted by molar-refractivity contribution is 5.90. The molecule has 0 saturated carbocycles. The van der Waals surface area contributed by atoms with Gasteiger partial charge in [-0.2, -0.15) is 0 Å². The number of carbonyl (C=O) groups is 1. The van der Waals surface area contributed by atoms with Crippen molar-refractivity contribution in [1.82, 2.24) is 0 Å². The zero-order chi connectivity index (χ0) is 18.7. The van der Waals surface area contributed by atoms with Gasteiger partial charge in [-0.15, -0.1) is 0 Å². The highest BCUT2D eigenvalue weighted by atomic mass is 16.6. The summed E-state index contributed by atoms with van der Waals surface area (Å²) in [6.45, 7) is 13.0. The van der Waals surface area contributed by atoms with E-state index in [-0.39, 0.29) is 11.4 Å². The molecule has 0 aliphatic carbocycles. The van der Waals surface area contributed by atoms with Crippen molar-refractivity contribution in [3.63, 3.8) is 0 Å². The van der Waals surface area contributed by atoms with Crippen LogP contribution in [-0.4, -0.2) is 11.6 Å². The maximum absolute atomic E-state index is 12.0. The molecule has 2 aromatic rings. The minimum absolute atomic E-state index is 0.144. The molecule has 2 rings (SSSR count). The van der Waals surface area contributed by atoms with Crippen LogP contribution >= 0.6 is 0 Å². The minimum atomic E-state index is -0.480. The Hall–Kier alpha value is -2.29. The maximum Gasteiger partial charge on any atom is 0.338 e. The average molecular weight is 339 g/mol. The van der Waals surface area contributed by atoms with Gasteiger partial charge in [0.25, 0.3) is 0 Å². The second kappa shape index (κ2) is 7.30. The Morgan fingerprint density at radius 3 is 2.16 bits per heavy atom. The summed E-state index contributed by atoms with van der Waals surface area (Å²) in [4.78, 5) is 12.0. The fraction of sp³-hybridized carbons (Fsp3) is 0.409. The van der Waals surface area contributed by atoms with Crippen molar-refractivity contribution >= 4 is 11.7 Å². The lowest BCUT2D eigenvalue weighted by Crippen LogP contribution is -2.23. The fourth-order valence-corrected chi connectivity index (χ4v) is 2.41. The van der Waals surface area contributed by atoms with Gasteiger partial charge in [-0.1, -0.05) is 45.0 Å². The van der Waals surface area contributed by atoms with E-state index in [0.29, 0.717) is 5.56 Å².